The minimum absolute atomic E-state index is 0.0783. The predicted octanol–water partition coefficient (Wildman–Crippen LogP) is 5.78. The lowest BCUT2D eigenvalue weighted by Gasteiger charge is -2.12. The highest BCUT2D eigenvalue weighted by molar-refractivity contribution is 9.10. The van der Waals surface area contributed by atoms with Crippen LogP contribution in [0.2, 0.25) is 5.02 Å². The van der Waals surface area contributed by atoms with Gasteiger partial charge in [0.2, 0.25) is 0 Å². The molecule has 0 bridgehead atoms. The second-order valence-electron chi connectivity index (χ2n) is 5.74. The third-order valence-electron chi connectivity index (χ3n) is 3.88. The van der Waals surface area contributed by atoms with Gasteiger partial charge in [-0.1, -0.05) is 63.6 Å². The number of nitrogens with zero attached hydrogens (tertiary/aromatic N) is 1. The Hall–Kier alpha value is -1.54. The van der Waals surface area contributed by atoms with Crippen LogP contribution in [0.1, 0.15) is 12.5 Å². The molecule has 28 heavy (non-hydrogen) atoms. The highest BCUT2D eigenvalue weighted by Crippen LogP contribution is 2.35. The van der Waals surface area contributed by atoms with Gasteiger partial charge >= 0.3 is 0 Å². The van der Waals surface area contributed by atoms with Crippen molar-refractivity contribution in [2.75, 3.05) is 19.8 Å². The number of hydrogen-bond donors (Lipinski definition) is 0. The smallest absolute Gasteiger partial charge is 0.266 e. The molecule has 0 radical (unpaired) electrons. The first kappa shape index (κ1) is 21.2. The van der Waals surface area contributed by atoms with E-state index in [2.05, 4.69) is 15.9 Å². The number of carbonyl (C=O) groups excluding carboxylic acids is 1. The molecule has 0 spiro atoms. The fourth-order valence-electron chi connectivity index (χ4n) is 2.54. The molecular weight excluding hydrogens is 482 g/mol. The first-order valence-corrected chi connectivity index (χ1v) is 10.9. The number of ether oxygens (including phenoxy) is 2. The molecule has 146 valence electrons. The van der Waals surface area contributed by atoms with E-state index in [4.69, 9.17) is 33.3 Å². The minimum Gasteiger partial charge on any atom is -0.489 e. The molecule has 0 N–H and O–H groups in total. The van der Waals surface area contributed by atoms with Gasteiger partial charge in [0.1, 0.15) is 29.0 Å². The maximum atomic E-state index is 12.5. The van der Waals surface area contributed by atoms with E-state index < -0.39 is 0 Å². The Morgan fingerprint density at radius 1 is 1.18 bits per heavy atom. The summed E-state index contributed by atoms with van der Waals surface area (Å²) in [6.45, 7) is 3.14. The molecule has 0 saturated carbocycles. The third kappa shape index (κ3) is 5.08. The van der Waals surface area contributed by atoms with Gasteiger partial charge in [-0.15, -0.1) is 0 Å². The Balaban J connectivity index is 1.69. The van der Waals surface area contributed by atoms with Crippen LogP contribution in [0.3, 0.4) is 0 Å². The van der Waals surface area contributed by atoms with E-state index in [1.54, 1.807) is 11.0 Å². The van der Waals surface area contributed by atoms with Gasteiger partial charge in [-0.05, 0) is 43.3 Å². The summed E-state index contributed by atoms with van der Waals surface area (Å²) < 4.78 is 13.0. The van der Waals surface area contributed by atoms with Crippen LogP contribution in [0.15, 0.2) is 51.8 Å². The van der Waals surface area contributed by atoms with Crippen LogP contribution >= 0.6 is 51.5 Å². The topological polar surface area (TPSA) is 38.8 Å². The molecule has 1 aliphatic heterocycles. The fraction of sp³-hybridized carbons (Fsp3) is 0.200. The summed E-state index contributed by atoms with van der Waals surface area (Å²) in [5.74, 6) is 1.20. The molecule has 3 rings (SSSR count). The number of halogens is 2. The average Bonchev–Trinajstić information content (AvgIpc) is 2.94. The number of thioether (sulfide) groups is 1. The first-order chi connectivity index (χ1) is 13.5. The predicted molar refractivity (Wildman–Crippen MR) is 122 cm³/mol. The molecule has 8 heteroatoms. The van der Waals surface area contributed by atoms with E-state index >= 15 is 0 Å². The molecule has 0 aromatic heterocycles. The van der Waals surface area contributed by atoms with Gasteiger partial charge in [0, 0.05) is 16.6 Å². The normalized spacial score (nSPS) is 15.4. The van der Waals surface area contributed by atoms with Crippen LogP contribution in [0.5, 0.6) is 11.5 Å². The molecule has 0 atom stereocenters. The van der Waals surface area contributed by atoms with Crippen molar-refractivity contribution in [3.63, 3.8) is 0 Å². The number of carbonyl (C=O) groups is 1. The van der Waals surface area contributed by atoms with Crippen molar-refractivity contribution >= 4 is 67.8 Å². The molecular formula is C20H17BrClNO3S2. The fourth-order valence-corrected chi connectivity index (χ4v) is 4.49. The van der Waals surface area contributed by atoms with Crippen molar-refractivity contribution in [1.82, 2.24) is 4.90 Å². The molecule has 0 unspecified atom stereocenters. The molecule has 1 aliphatic rings. The van der Waals surface area contributed by atoms with Gasteiger partial charge in [-0.2, -0.15) is 0 Å². The zero-order valence-corrected chi connectivity index (χ0v) is 19.0. The van der Waals surface area contributed by atoms with E-state index in [-0.39, 0.29) is 5.91 Å². The second kappa shape index (κ2) is 9.78. The number of benzene rings is 2. The maximum absolute atomic E-state index is 12.5. The average molecular weight is 499 g/mol. The Morgan fingerprint density at radius 3 is 2.57 bits per heavy atom. The van der Waals surface area contributed by atoms with Crippen LogP contribution in [-0.2, 0) is 4.79 Å². The highest BCUT2D eigenvalue weighted by atomic mass is 79.9. The van der Waals surface area contributed by atoms with Crippen LogP contribution < -0.4 is 9.47 Å². The van der Waals surface area contributed by atoms with Crippen LogP contribution in [0.4, 0.5) is 0 Å². The van der Waals surface area contributed by atoms with E-state index in [0.29, 0.717) is 45.5 Å². The van der Waals surface area contributed by atoms with Crippen molar-refractivity contribution < 1.29 is 14.3 Å². The number of hydrogen-bond acceptors (Lipinski definition) is 5. The molecule has 2 aromatic carbocycles. The zero-order valence-electron chi connectivity index (χ0n) is 15.0. The first-order valence-electron chi connectivity index (χ1n) is 8.54. The second-order valence-corrected chi connectivity index (χ2v) is 8.73. The Kier molecular flexibility index (Phi) is 7.40. The molecule has 1 amide bonds. The van der Waals surface area contributed by atoms with Gasteiger partial charge in [0.05, 0.1) is 9.93 Å². The summed E-state index contributed by atoms with van der Waals surface area (Å²) in [6, 6.07) is 12.9. The molecule has 4 nitrogen and oxygen atoms in total. The van der Waals surface area contributed by atoms with Gasteiger partial charge in [0.15, 0.2) is 0 Å². The lowest BCUT2D eigenvalue weighted by atomic mass is 10.2. The van der Waals surface area contributed by atoms with Crippen molar-refractivity contribution in [2.45, 2.75) is 6.92 Å². The Labute approximate surface area is 187 Å². The van der Waals surface area contributed by atoms with Crippen molar-refractivity contribution in [3.8, 4) is 11.5 Å². The Morgan fingerprint density at radius 2 is 1.89 bits per heavy atom. The highest BCUT2D eigenvalue weighted by Gasteiger charge is 2.30. The molecule has 0 aliphatic carbocycles. The molecule has 1 fully saturated rings. The number of likely N-dealkylation sites (N-methyl/N-ethyl adjacent to an activating group) is 1. The van der Waals surface area contributed by atoms with Crippen molar-refractivity contribution in [2.24, 2.45) is 0 Å². The van der Waals surface area contributed by atoms with Gasteiger partial charge in [-0.3, -0.25) is 9.69 Å². The monoisotopic (exact) mass is 497 g/mol. The molecule has 1 saturated heterocycles. The van der Waals surface area contributed by atoms with Crippen LogP contribution in [0.25, 0.3) is 6.08 Å². The van der Waals surface area contributed by atoms with Crippen molar-refractivity contribution in [1.29, 1.82) is 0 Å². The minimum atomic E-state index is -0.0783. The molecule has 1 heterocycles. The molecule has 2 aromatic rings. The quantitative estimate of drug-likeness (QED) is 0.275. The van der Waals surface area contributed by atoms with Crippen LogP contribution in [-0.4, -0.2) is 34.9 Å². The van der Waals surface area contributed by atoms with E-state index in [1.165, 1.54) is 11.8 Å². The summed E-state index contributed by atoms with van der Waals surface area (Å²) >= 11 is 16.1. The third-order valence-corrected chi connectivity index (χ3v) is 6.07. The summed E-state index contributed by atoms with van der Waals surface area (Å²) in [6.07, 6.45) is 1.81. The van der Waals surface area contributed by atoms with E-state index in [1.807, 2.05) is 49.4 Å². The SMILES string of the molecule is CCN1C(=O)C(=Cc2cc(Br)ccc2OCCOc2ccccc2Cl)SC1=S. The summed E-state index contributed by atoms with van der Waals surface area (Å²) in [7, 11) is 0. The Bertz CT molecular complexity index is 935. The maximum Gasteiger partial charge on any atom is 0.266 e. The lowest BCUT2D eigenvalue weighted by molar-refractivity contribution is -0.121. The van der Waals surface area contributed by atoms with Gasteiger partial charge in [0.25, 0.3) is 5.91 Å². The standard InChI is InChI=1S/C20H17BrClNO3S2/c1-2-23-19(24)18(28-20(23)27)12-13-11-14(21)7-8-16(13)25-9-10-26-17-6-4-3-5-15(17)22/h3-8,11-12H,2,9-10H2,1H3. The largest absolute Gasteiger partial charge is 0.489 e. The number of amides is 1. The summed E-state index contributed by atoms with van der Waals surface area (Å²) in [5.41, 5.74) is 0.795. The number of thiocarbonyl (C=S) groups is 1. The number of para-hydroxylation sites is 1. The van der Waals surface area contributed by atoms with E-state index in [0.717, 1.165) is 10.0 Å². The van der Waals surface area contributed by atoms with Gasteiger partial charge < -0.3 is 9.47 Å². The lowest BCUT2D eigenvalue weighted by Crippen LogP contribution is -2.27. The summed E-state index contributed by atoms with van der Waals surface area (Å²) in [4.78, 5) is 14.6. The van der Waals surface area contributed by atoms with Gasteiger partial charge in [-0.25, -0.2) is 0 Å². The van der Waals surface area contributed by atoms with E-state index in [9.17, 15) is 4.79 Å². The van der Waals surface area contributed by atoms with Crippen molar-refractivity contribution in [3.05, 3.63) is 62.4 Å². The zero-order chi connectivity index (χ0) is 20.1. The number of rotatable bonds is 7. The summed E-state index contributed by atoms with van der Waals surface area (Å²) in [5, 5.41) is 0.560. The van der Waals surface area contributed by atoms with Crippen LogP contribution in [0, 0.1) is 0 Å².